The molecular weight excluding hydrogens is 535 g/mol. The van der Waals surface area contributed by atoms with Gasteiger partial charge >= 0.3 is 15.9 Å². The number of carbonyl (C=O) groups excluding carboxylic acids is 1. The number of halogens is 1. The zero-order valence-electron chi connectivity index (χ0n) is 22.7. The van der Waals surface area contributed by atoms with Crippen molar-refractivity contribution in [3.63, 3.8) is 0 Å². The van der Waals surface area contributed by atoms with Crippen molar-refractivity contribution in [3.8, 4) is 22.5 Å². The number of amides is 1. The van der Waals surface area contributed by atoms with Gasteiger partial charge < -0.3 is 4.90 Å². The van der Waals surface area contributed by atoms with Crippen LogP contribution in [0, 0.1) is 23.6 Å². The van der Waals surface area contributed by atoms with Crippen LogP contribution in [0.2, 0.25) is 0 Å². The summed E-state index contributed by atoms with van der Waals surface area (Å²) in [6, 6.07) is 11.4. The molecule has 3 fully saturated rings. The van der Waals surface area contributed by atoms with Crippen molar-refractivity contribution in [2.75, 3.05) is 31.9 Å². The summed E-state index contributed by atoms with van der Waals surface area (Å²) in [6.07, 6.45) is 3.50. The van der Waals surface area contributed by atoms with Crippen molar-refractivity contribution in [2.24, 2.45) is 24.8 Å². The summed E-state index contributed by atoms with van der Waals surface area (Å²) in [5, 5.41) is 4.41. The predicted octanol–water partition coefficient (Wildman–Crippen LogP) is 3.09. The maximum atomic E-state index is 15.6. The van der Waals surface area contributed by atoms with Crippen LogP contribution in [0.3, 0.4) is 0 Å². The number of hydrogen-bond acceptors (Lipinski definition) is 5. The Kier molecular flexibility index (Phi) is 6.57. The normalized spacial score (nSPS) is 22.6. The van der Waals surface area contributed by atoms with Gasteiger partial charge in [0.05, 0.1) is 11.3 Å². The summed E-state index contributed by atoms with van der Waals surface area (Å²) in [5.41, 5.74) is 1.51. The topological polar surface area (TPSA) is 110 Å². The van der Waals surface area contributed by atoms with Crippen LogP contribution in [0.5, 0.6) is 0 Å². The third-order valence-electron chi connectivity index (χ3n) is 8.42. The molecule has 3 aliphatic rings. The number of aryl methyl sites for hydroxylation is 1. The molecular formula is C28H33FN6O4S. The van der Waals surface area contributed by atoms with Crippen molar-refractivity contribution in [1.29, 1.82) is 0 Å². The molecule has 1 aromatic heterocycles. The Morgan fingerprint density at radius 3 is 2.35 bits per heavy atom. The Balaban J connectivity index is 1.25. The van der Waals surface area contributed by atoms with Gasteiger partial charge in [-0.05, 0) is 72.9 Å². The van der Waals surface area contributed by atoms with E-state index < -0.39 is 16.0 Å². The number of hydrogen-bond donors (Lipinski definition) is 1. The highest BCUT2D eigenvalue weighted by molar-refractivity contribution is 7.90. The molecule has 40 heavy (non-hydrogen) atoms. The molecule has 12 heteroatoms. The second-order valence-electron chi connectivity index (χ2n) is 11.4. The molecule has 1 saturated heterocycles. The molecule has 6 rings (SSSR count). The number of nitrogens with one attached hydrogen (secondary N) is 1. The SMILES string of the molecule is CN(C)S(=O)(=O)Nc1cccc(-c2ccc(-c3nn(C)c(=O)n3C3CC4CN(C(=O)C5CC5)C[C@@H]4C3)c(F)c2)c1. The summed E-state index contributed by atoms with van der Waals surface area (Å²) >= 11 is 0. The number of benzene rings is 2. The maximum absolute atomic E-state index is 15.6. The van der Waals surface area contributed by atoms with Crippen LogP contribution in [0.15, 0.2) is 47.3 Å². The number of carbonyl (C=O) groups is 1. The highest BCUT2D eigenvalue weighted by Gasteiger charge is 2.46. The molecule has 1 amide bonds. The molecule has 2 saturated carbocycles. The van der Waals surface area contributed by atoms with Gasteiger partial charge in [0.15, 0.2) is 5.82 Å². The largest absolute Gasteiger partial charge is 0.346 e. The van der Waals surface area contributed by atoms with Crippen LogP contribution in [-0.2, 0) is 22.1 Å². The van der Waals surface area contributed by atoms with Gasteiger partial charge in [-0.1, -0.05) is 18.2 Å². The third-order valence-corrected chi connectivity index (χ3v) is 9.87. The third kappa shape index (κ3) is 4.83. The van der Waals surface area contributed by atoms with E-state index in [1.807, 2.05) is 4.90 Å². The molecule has 2 aliphatic carbocycles. The van der Waals surface area contributed by atoms with Crippen LogP contribution >= 0.6 is 0 Å². The monoisotopic (exact) mass is 568 g/mol. The number of fused-ring (bicyclic) bond motifs is 1. The first-order valence-corrected chi connectivity index (χ1v) is 15.0. The zero-order chi connectivity index (χ0) is 28.3. The molecule has 0 radical (unpaired) electrons. The highest BCUT2D eigenvalue weighted by atomic mass is 32.2. The lowest BCUT2D eigenvalue weighted by Gasteiger charge is -2.20. The van der Waals surface area contributed by atoms with E-state index in [1.54, 1.807) is 48.0 Å². The van der Waals surface area contributed by atoms with Crippen LogP contribution in [0.4, 0.5) is 10.1 Å². The lowest BCUT2D eigenvalue weighted by Crippen LogP contribution is -2.32. The van der Waals surface area contributed by atoms with Crippen molar-refractivity contribution >= 4 is 21.8 Å². The van der Waals surface area contributed by atoms with E-state index in [1.165, 1.54) is 24.8 Å². The maximum Gasteiger partial charge on any atom is 0.346 e. The van der Waals surface area contributed by atoms with Gasteiger partial charge in [-0.25, -0.2) is 13.9 Å². The van der Waals surface area contributed by atoms with E-state index in [0.29, 0.717) is 34.5 Å². The fourth-order valence-corrected chi connectivity index (χ4v) is 6.73. The number of likely N-dealkylation sites (tertiary alicyclic amines) is 1. The van der Waals surface area contributed by atoms with Crippen molar-refractivity contribution < 1.29 is 17.6 Å². The molecule has 1 N–H and O–H groups in total. The zero-order valence-corrected chi connectivity index (χ0v) is 23.6. The second kappa shape index (κ2) is 9.84. The smallest absolute Gasteiger partial charge is 0.342 e. The molecule has 3 atom stereocenters. The summed E-state index contributed by atoms with van der Waals surface area (Å²) in [5.74, 6) is 0.906. The fraction of sp³-hybridized carbons (Fsp3) is 0.464. The van der Waals surface area contributed by atoms with Crippen LogP contribution in [0.1, 0.15) is 31.7 Å². The second-order valence-corrected chi connectivity index (χ2v) is 13.3. The van der Waals surface area contributed by atoms with Gasteiger partial charge in [-0.15, -0.1) is 5.10 Å². The Bertz CT molecular complexity index is 1630. The molecule has 3 aromatic rings. The Morgan fingerprint density at radius 1 is 1.05 bits per heavy atom. The van der Waals surface area contributed by atoms with E-state index in [4.69, 9.17) is 0 Å². The molecule has 212 valence electrons. The fourth-order valence-electron chi connectivity index (χ4n) is 6.12. The van der Waals surface area contributed by atoms with Crippen molar-refractivity contribution in [2.45, 2.75) is 31.7 Å². The average Bonchev–Trinajstić information content (AvgIpc) is 3.48. The van der Waals surface area contributed by atoms with Crippen molar-refractivity contribution in [3.05, 3.63) is 58.8 Å². The molecule has 2 heterocycles. The number of anilines is 1. The molecule has 1 aliphatic heterocycles. The molecule has 2 aromatic carbocycles. The van der Waals surface area contributed by atoms with E-state index in [0.717, 1.165) is 43.1 Å². The number of aromatic nitrogens is 3. The standard InChI is InChI=1S/C28H33FN6O4S/c1-32(2)40(38,39)31-22-6-4-5-18(11-22)19-9-10-24(25(29)14-19)26-30-33(3)28(37)35(26)23-12-20-15-34(16-21(20)13-23)27(36)17-7-8-17/h4-6,9-11,14,17,20-21,23,31H,7-8,12-13,15-16H2,1-3H3/t20-,21?,23?/m0/s1. The van der Waals surface area contributed by atoms with Crippen LogP contribution < -0.4 is 10.4 Å². The minimum absolute atomic E-state index is 0.107. The van der Waals surface area contributed by atoms with E-state index in [9.17, 15) is 18.0 Å². The first-order chi connectivity index (χ1) is 19.0. The van der Waals surface area contributed by atoms with E-state index >= 15 is 4.39 Å². The van der Waals surface area contributed by atoms with Crippen LogP contribution in [0.25, 0.3) is 22.5 Å². The van der Waals surface area contributed by atoms with E-state index in [2.05, 4.69) is 9.82 Å². The lowest BCUT2D eigenvalue weighted by molar-refractivity contribution is -0.131. The molecule has 2 unspecified atom stereocenters. The molecule has 0 spiro atoms. The first-order valence-electron chi connectivity index (χ1n) is 13.6. The summed E-state index contributed by atoms with van der Waals surface area (Å²) in [4.78, 5) is 27.7. The number of rotatable bonds is 7. The average molecular weight is 569 g/mol. The molecule has 10 nitrogen and oxygen atoms in total. The van der Waals surface area contributed by atoms with E-state index in [-0.39, 0.29) is 29.1 Å². The first kappa shape index (κ1) is 26.7. The number of nitrogens with zero attached hydrogens (tertiary/aromatic N) is 5. The lowest BCUT2D eigenvalue weighted by atomic mass is 10.0. The van der Waals surface area contributed by atoms with Crippen molar-refractivity contribution in [1.82, 2.24) is 23.6 Å². The predicted molar refractivity (Wildman–Crippen MR) is 149 cm³/mol. The quantitative estimate of drug-likeness (QED) is 0.471. The summed E-state index contributed by atoms with van der Waals surface area (Å²) in [6.45, 7) is 1.46. The van der Waals surface area contributed by atoms with Crippen LogP contribution in [-0.4, -0.2) is 65.1 Å². The van der Waals surface area contributed by atoms with Gasteiger partial charge in [-0.3, -0.25) is 14.1 Å². The minimum atomic E-state index is -3.68. The van der Waals surface area contributed by atoms with Gasteiger partial charge in [-0.2, -0.15) is 12.7 Å². The Labute approximate surface area is 232 Å². The van der Waals surface area contributed by atoms with Gasteiger partial charge in [0.25, 0.3) is 0 Å². The van der Waals surface area contributed by atoms with Gasteiger partial charge in [0, 0.05) is 46.2 Å². The van der Waals surface area contributed by atoms with Gasteiger partial charge in [0.1, 0.15) is 5.82 Å². The Hall–Kier alpha value is -3.51. The summed E-state index contributed by atoms with van der Waals surface area (Å²) in [7, 11) is 0.748. The highest BCUT2D eigenvalue weighted by Crippen LogP contribution is 2.46. The minimum Gasteiger partial charge on any atom is -0.342 e. The Morgan fingerprint density at radius 2 is 1.73 bits per heavy atom. The summed E-state index contributed by atoms with van der Waals surface area (Å²) < 4.78 is 46.5. The molecule has 0 bridgehead atoms. The van der Waals surface area contributed by atoms with Gasteiger partial charge in [0.2, 0.25) is 5.91 Å².